The van der Waals surface area contributed by atoms with Crippen LogP contribution in [0.5, 0.6) is 0 Å². The number of hydrogen-bond acceptors (Lipinski definition) is 3. The first-order chi connectivity index (χ1) is 8.82. The molecular weight excluding hydrogens is 224 g/mol. The van der Waals surface area contributed by atoms with E-state index in [9.17, 15) is 0 Å². The fourth-order valence-corrected chi connectivity index (χ4v) is 4.17. The largest absolute Gasteiger partial charge is 0.374 e. The first-order valence-corrected chi connectivity index (χ1v) is 7.92. The minimum absolute atomic E-state index is 0.00894. The molecule has 2 saturated carbocycles. The molecule has 0 spiro atoms. The molecule has 0 radical (unpaired) electrons. The highest BCUT2D eigenvalue weighted by atomic mass is 16.5. The van der Waals surface area contributed by atoms with Crippen LogP contribution in [0.1, 0.15) is 71.1 Å². The van der Waals surface area contributed by atoms with E-state index >= 15 is 0 Å². The molecule has 18 heavy (non-hydrogen) atoms. The topological polar surface area (TPSA) is 47.3 Å². The Morgan fingerprint density at radius 2 is 1.72 bits per heavy atom. The number of nitrogens with two attached hydrogens (primary N) is 1. The van der Waals surface area contributed by atoms with Gasteiger partial charge in [0.1, 0.15) is 0 Å². The average Bonchev–Trinajstić information content (AvgIpc) is 2.78. The maximum absolute atomic E-state index is 6.27. The highest BCUT2D eigenvalue weighted by molar-refractivity contribution is 4.98. The van der Waals surface area contributed by atoms with E-state index in [1.807, 2.05) is 0 Å². The van der Waals surface area contributed by atoms with Crippen molar-refractivity contribution in [2.45, 2.75) is 82.8 Å². The number of nitrogens with one attached hydrogen (secondary N) is 1. The lowest BCUT2D eigenvalue weighted by atomic mass is 9.78. The second kappa shape index (κ2) is 6.88. The van der Waals surface area contributed by atoms with Gasteiger partial charge in [-0.3, -0.25) is 11.3 Å². The highest BCUT2D eigenvalue weighted by Crippen LogP contribution is 2.40. The highest BCUT2D eigenvalue weighted by Gasteiger charge is 2.43. The Kier molecular flexibility index (Phi) is 5.46. The van der Waals surface area contributed by atoms with Crippen LogP contribution in [0.25, 0.3) is 0 Å². The predicted octanol–water partition coefficient (Wildman–Crippen LogP) is 3.14. The lowest BCUT2D eigenvalue weighted by Gasteiger charge is -2.42. The van der Waals surface area contributed by atoms with Gasteiger partial charge in [-0.15, -0.1) is 0 Å². The molecule has 3 N–H and O–H groups in total. The summed E-state index contributed by atoms with van der Waals surface area (Å²) < 4.78 is 6.27. The molecule has 2 fully saturated rings. The Bertz CT molecular complexity index is 231. The van der Waals surface area contributed by atoms with Crippen molar-refractivity contribution in [1.29, 1.82) is 0 Å². The normalized spacial score (nSPS) is 27.0. The molecule has 2 aliphatic rings. The summed E-state index contributed by atoms with van der Waals surface area (Å²) in [6.45, 7) is 2.93. The van der Waals surface area contributed by atoms with Gasteiger partial charge in [0.2, 0.25) is 0 Å². The molecule has 0 aromatic rings. The van der Waals surface area contributed by atoms with E-state index in [2.05, 4.69) is 12.3 Å². The molecule has 0 aromatic heterocycles. The van der Waals surface area contributed by atoms with Crippen LogP contribution in [0.2, 0.25) is 0 Å². The molecule has 0 bridgehead atoms. The first-order valence-electron chi connectivity index (χ1n) is 7.92. The van der Waals surface area contributed by atoms with Crippen LogP contribution in [-0.2, 0) is 4.74 Å². The van der Waals surface area contributed by atoms with Gasteiger partial charge in [-0.1, -0.05) is 38.5 Å². The van der Waals surface area contributed by atoms with Gasteiger partial charge in [-0.05, 0) is 38.5 Å². The maximum Gasteiger partial charge on any atom is 0.0850 e. The summed E-state index contributed by atoms with van der Waals surface area (Å²) in [5.41, 5.74) is 3.15. The van der Waals surface area contributed by atoms with Crippen molar-refractivity contribution in [2.24, 2.45) is 11.8 Å². The first kappa shape index (κ1) is 14.3. The van der Waals surface area contributed by atoms with Gasteiger partial charge in [0.05, 0.1) is 11.6 Å². The van der Waals surface area contributed by atoms with Gasteiger partial charge in [0.15, 0.2) is 0 Å². The molecule has 0 amide bonds. The maximum atomic E-state index is 6.27. The zero-order valence-corrected chi connectivity index (χ0v) is 11.9. The summed E-state index contributed by atoms with van der Waals surface area (Å²) in [5.74, 6) is 6.64. The van der Waals surface area contributed by atoms with E-state index < -0.39 is 0 Å². The lowest BCUT2D eigenvalue weighted by molar-refractivity contribution is -0.0896. The van der Waals surface area contributed by atoms with Crippen molar-refractivity contribution in [2.75, 3.05) is 6.61 Å². The van der Waals surface area contributed by atoms with Crippen LogP contribution in [0.4, 0.5) is 0 Å². The summed E-state index contributed by atoms with van der Waals surface area (Å²) in [6, 6.07) is 0.359. The Morgan fingerprint density at radius 3 is 2.22 bits per heavy atom. The number of ether oxygens (including phenoxy) is 1. The summed E-state index contributed by atoms with van der Waals surface area (Å²) in [4.78, 5) is 0. The van der Waals surface area contributed by atoms with Gasteiger partial charge in [0, 0.05) is 6.61 Å². The van der Waals surface area contributed by atoms with Gasteiger partial charge in [-0.25, -0.2) is 0 Å². The standard InChI is InChI=1S/C15H30N2O/c1-2-18-15(11-7-3-4-8-12-15)14(17-16)13-9-5-6-10-13/h13-14,17H,2-12,16H2,1H3. The SMILES string of the molecule is CCOC1(C(NN)C2CCCC2)CCCCCC1. The van der Waals surface area contributed by atoms with Crippen molar-refractivity contribution in [1.82, 2.24) is 5.43 Å². The van der Waals surface area contributed by atoms with Gasteiger partial charge in [-0.2, -0.15) is 0 Å². The van der Waals surface area contributed by atoms with Crippen molar-refractivity contribution in [3.05, 3.63) is 0 Å². The molecule has 0 aromatic carbocycles. The second-order valence-electron chi connectivity index (χ2n) is 6.10. The summed E-state index contributed by atoms with van der Waals surface area (Å²) in [6.07, 6.45) is 13.1. The third kappa shape index (κ3) is 3.06. The van der Waals surface area contributed by atoms with E-state index in [0.29, 0.717) is 6.04 Å². The van der Waals surface area contributed by atoms with Crippen molar-refractivity contribution < 1.29 is 4.74 Å². The van der Waals surface area contributed by atoms with Crippen LogP contribution in [0, 0.1) is 5.92 Å². The van der Waals surface area contributed by atoms with E-state index in [1.165, 1.54) is 64.2 Å². The molecule has 1 unspecified atom stereocenters. The second-order valence-corrected chi connectivity index (χ2v) is 6.10. The van der Waals surface area contributed by atoms with Crippen LogP contribution < -0.4 is 11.3 Å². The minimum Gasteiger partial charge on any atom is -0.374 e. The quantitative estimate of drug-likeness (QED) is 0.450. The molecule has 3 nitrogen and oxygen atoms in total. The number of hydrogen-bond donors (Lipinski definition) is 2. The zero-order valence-electron chi connectivity index (χ0n) is 11.9. The van der Waals surface area contributed by atoms with Crippen LogP contribution in [-0.4, -0.2) is 18.2 Å². The fraction of sp³-hybridized carbons (Fsp3) is 1.00. The summed E-state index contributed by atoms with van der Waals surface area (Å²) in [7, 11) is 0. The van der Waals surface area contributed by atoms with Crippen molar-refractivity contribution in [3.63, 3.8) is 0 Å². The van der Waals surface area contributed by atoms with Crippen molar-refractivity contribution >= 4 is 0 Å². The minimum atomic E-state index is 0.00894. The molecule has 2 aliphatic carbocycles. The van der Waals surface area contributed by atoms with E-state index in [-0.39, 0.29) is 5.60 Å². The van der Waals surface area contributed by atoms with Crippen LogP contribution in [0.3, 0.4) is 0 Å². The van der Waals surface area contributed by atoms with Crippen LogP contribution >= 0.6 is 0 Å². The lowest BCUT2D eigenvalue weighted by Crippen LogP contribution is -2.58. The Hall–Kier alpha value is -0.120. The van der Waals surface area contributed by atoms with Gasteiger partial charge in [0.25, 0.3) is 0 Å². The molecule has 3 heteroatoms. The van der Waals surface area contributed by atoms with E-state index in [4.69, 9.17) is 10.6 Å². The summed E-state index contributed by atoms with van der Waals surface area (Å²) in [5, 5.41) is 0. The zero-order chi connectivity index (χ0) is 12.8. The third-order valence-corrected chi connectivity index (χ3v) is 5.00. The molecule has 0 saturated heterocycles. The Balaban J connectivity index is 2.13. The Morgan fingerprint density at radius 1 is 1.11 bits per heavy atom. The molecule has 0 aliphatic heterocycles. The molecule has 0 heterocycles. The van der Waals surface area contributed by atoms with Crippen molar-refractivity contribution in [3.8, 4) is 0 Å². The molecule has 2 rings (SSSR count). The Labute approximate surface area is 112 Å². The van der Waals surface area contributed by atoms with Crippen LogP contribution in [0.15, 0.2) is 0 Å². The molecule has 1 atom stereocenters. The monoisotopic (exact) mass is 254 g/mol. The number of rotatable bonds is 5. The average molecular weight is 254 g/mol. The third-order valence-electron chi connectivity index (χ3n) is 5.00. The smallest absolute Gasteiger partial charge is 0.0850 e. The molecular formula is C15H30N2O. The fourth-order valence-electron chi connectivity index (χ4n) is 4.17. The molecule has 106 valence electrons. The van der Waals surface area contributed by atoms with Gasteiger partial charge < -0.3 is 4.74 Å². The number of hydrazine groups is 1. The van der Waals surface area contributed by atoms with E-state index in [1.54, 1.807) is 0 Å². The van der Waals surface area contributed by atoms with E-state index in [0.717, 1.165) is 12.5 Å². The summed E-state index contributed by atoms with van der Waals surface area (Å²) >= 11 is 0. The predicted molar refractivity (Wildman–Crippen MR) is 75.1 cm³/mol. The van der Waals surface area contributed by atoms with Gasteiger partial charge >= 0.3 is 0 Å².